The van der Waals surface area contributed by atoms with Crippen LogP contribution in [0.2, 0.25) is 0 Å². The Kier molecular flexibility index (Phi) is 7.27. The van der Waals surface area contributed by atoms with Crippen molar-refractivity contribution in [3.05, 3.63) is 147 Å². The first-order valence-corrected chi connectivity index (χ1v) is 16.0. The maximum atomic E-state index is 12.4. The third kappa shape index (κ3) is 4.15. The Balaban J connectivity index is 1.70. The second kappa shape index (κ2) is 11.5. The van der Waals surface area contributed by atoms with Crippen LogP contribution in [-0.4, -0.2) is 42.6 Å². The number of benzene rings is 5. The summed E-state index contributed by atoms with van der Waals surface area (Å²) in [5.41, 5.74) is 23.1. The van der Waals surface area contributed by atoms with Crippen molar-refractivity contribution in [2.24, 2.45) is 0 Å². The summed E-state index contributed by atoms with van der Waals surface area (Å²) in [4.78, 5) is 5.76. The third-order valence-electron chi connectivity index (χ3n) is 9.56. The molecule has 0 bridgehead atoms. The van der Waals surface area contributed by atoms with Gasteiger partial charge < -0.3 is 21.5 Å². The molecule has 2 aliphatic rings. The van der Waals surface area contributed by atoms with Gasteiger partial charge in [0.1, 0.15) is 18.8 Å². The summed E-state index contributed by atoms with van der Waals surface area (Å²) < 4.78 is 2.34. The second-order valence-electron chi connectivity index (χ2n) is 12.2. The summed E-state index contributed by atoms with van der Waals surface area (Å²) in [7, 11) is 3.95. The largest absolute Gasteiger partial charge is 0.507 e. The van der Waals surface area contributed by atoms with Crippen LogP contribution in [0.5, 0.6) is 0 Å². The Morgan fingerprint density at radius 1 is 0.771 bits per heavy atom. The molecule has 0 aromatic heterocycles. The van der Waals surface area contributed by atoms with E-state index in [1.54, 1.807) is 0 Å². The molecule has 0 saturated heterocycles. The maximum Gasteiger partial charge on any atom is 0.270 e. The highest BCUT2D eigenvalue weighted by molar-refractivity contribution is 6.28. The fourth-order valence-electron chi connectivity index (χ4n) is 7.63. The predicted octanol–water partition coefficient (Wildman–Crippen LogP) is 7.91. The van der Waals surface area contributed by atoms with Crippen LogP contribution in [0.15, 0.2) is 108 Å². The van der Waals surface area contributed by atoms with Crippen molar-refractivity contribution in [1.82, 2.24) is 0 Å². The first-order chi connectivity index (χ1) is 23.3. The highest BCUT2D eigenvalue weighted by Crippen LogP contribution is 2.57. The number of aliphatic hydroxyl groups is 1. The molecular weight excluding hydrogens is 592 g/mol. The molecule has 234 valence electrons. The van der Waals surface area contributed by atoms with Crippen LogP contribution in [0, 0.1) is 17.9 Å². The van der Waals surface area contributed by atoms with Gasteiger partial charge >= 0.3 is 0 Å². The fourth-order valence-corrected chi connectivity index (χ4v) is 7.63. The molecule has 5 aromatic carbocycles. The zero-order chi connectivity index (χ0) is 33.9. The molecular formula is C41H35N6O+. The highest BCUT2D eigenvalue weighted by Gasteiger charge is 2.42. The van der Waals surface area contributed by atoms with Crippen LogP contribution in [-0.2, 0) is 0 Å². The van der Waals surface area contributed by atoms with Crippen molar-refractivity contribution >= 4 is 55.5 Å². The van der Waals surface area contributed by atoms with E-state index < -0.39 is 0 Å². The Morgan fingerprint density at radius 2 is 1.27 bits per heavy atom. The number of nitriles is 1. The van der Waals surface area contributed by atoms with Crippen molar-refractivity contribution in [3.8, 4) is 6.07 Å². The first-order valence-electron chi connectivity index (χ1n) is 16.0. The summed E-state index contributed by atoms with van der Waals surface area (Å²) in [5, 5.41) is 26.1. The average Bonchev–Trinajstić information content (AvgIpc) is 3.09. The highest BCUT2D eigenvalue weighted by atomic mass is 16.3. The standard InChI is InChI=1S/C41H34N6O/c1-6-47(7-2)40-25-16-10-8-14-23(25)32(24-15-9-11-17-26(24)40)37-35(31(22-42)45-3)38(41(37)48)36-33-27(18-12-20-29(33)43)39(46(4)5)28-19-13-21-30(44)34(28)36/h8-21H,6-7,43-44H2,1-2,4-5H3/p+1. The Morgan fingerprint density at radius 3 is 1.71 bits per heavy atom. The molecule has 0 spiro atoms. The number of nitrogens with zero attached hydrogens (tertiary/aromatic N) is 4. The number of anilines is 3. The molecule has 0 fully saturated rings. The molecule has 0 atom stereocenters. The summed E-state index contributed by atoms with van der Waals surface area (Å²) in [6, 6.07) is 30.0. The van der Waals surface area contributed by atoms with Gasteiger partial charge in [-0.1, -0.05) is 60.7 Å². The minimum atomic E-state index is -0.110. The Hall–Kier alpha value is -6.31. The molecule has 48 heavy (non-hydrogen) atoms. The van der Waals surface area contributed by atoms with Gasteiger partial charge in [0.05, 0.1) is 29.5 Å². The lowest BCUT2D eigenvalue weighted by Gasteiger charge is -2.35. The van der Waals surface area contributed by atoms with E-state index in [-0.39, 0.29) is 11.5 Å². The van der Waals surface area contributed by atoms with Gasteiger partial charge in [0.25, 0.3) is 5.70 Å². The molecule has 7 heteroatoms. The van der Waals surface area contributed by atoms with Crippen LogP contribution in [0.25, 0.3) is 37.5 Å². The van der Waals surface area contributed by atoms with Crippen LogP contribution >= 0.6 is 0 Å². The smallest absolute Gasteiger partial charge is 0.270 e. The predicted molar refractivity (Wildman–Crippen MR) is 197 cm³/mol. The number of nitrogen functional groups attached to an aromatic ring is 2. The summed E-state index contributed by atoms with van der Waals surface area (Å²) >= 11 is 0. The van der Waals surface area contributed by atoms with Crippen LogP contribution in [0.1, 0.15) is 41.7 Å². The van der Waals surface area contributed by atoms with Gasteiger partial charge in [0.15, 0.2) is 0 Å². The molecule has 7 nitrogen and oxygen atoms in total. The number of rotatable bonds is 4. The van der Waals surface area contributed by atoms with E-state index in [2.05, 4.69) is 53.6 Å². The second-order valence-corrected chi connectivity index (χ2v) is 12.2. The SMILES string of the molecule is [C-]#[N+]C(C#N)=C1C(=C2c3ccccc3C(=[N+](CC)CC)c3ccccc32)C(O)=C1c1c2c(N)cccc2c(N(C)C)c2cccc(N)c12. The normalized spacial score (nSPS) is 14.7. The molecule has 0 saturated carbocycles. The zero-order valence-electron chi connectivity index (χ0n) is 27.4. The summed E-state index contributed by atoms with van der Waals surface area (Å²) in [5.74, 6) is -0.000922. The van der Waals surface area contributed by atoms with Crippen molar-refractivity contribution in [1.29, 1.82) is 5.26 Å². The summed E-state index contributed by atoms with van der Waals surface area (Å²) in [6.07, 6.45) is 0. The van der Waals surface area contributed by atoms with Crippen molar-refractivity contribution in [3.63, 3.8) is 0 Å². The first kappa shape index (κ1) is 30.3. The minimum absolute atomic E-state index is 0.000922. The van der Waals surface area contributed by atoms with Gasteiger partial charge in [0, 0.05) is 74.9 Å². The van der Waals surface area contributed by atoms with E-state index in [4.69, 9.17) is 18.0 Å². The minimum Gasteiger partial charge on any atom is -0.507 e. The van der Waals surface area contributed by atoms with Gasteiger partial charge in [-0.15, -0.1) is 0 Å². The number of hydrogen-bond donors (Lipinski definition) is 3. The molecule has 0 unspecified atom stereocenters. The molecule has 2 aliphatic carbocycles. The van der Waals surface area contributed by atoms with E-state index in [1.807, 2.05) is 79.7 Å². The number of fused-ring (bicyclic) bond motifs is 4. The fraction of sp³-hybridized carbons (Fsp3) is 0.146. The topological polar surface area (TPSA) is 107 Å². The number of nitrogens with two attached hydrogens (primary N) is 2. The molecule has 0 amide bonds. The number of aliphatic hydroxyl groups excluding tert-OH is 1. The van der Waals surface area contributed by atoms with E-state index in [1.165, 1.54) is 0 Å². The lowest BCUT2D eigenvalue weighted by atomic mass is 9.69. The summed E-state index contributed by atoms with van der Waals surface area (Å²) in [6.45, 7) is 14.1. The molecule has 5 N–H and O–H groups in total. The van der Waals surface area contributed by atoms with Crippen LogP contribution < -0.4 is 16.4 Å². The van der Waals surface area contributed by atoms with Crippen molar-refractivity contribution in [2.45, 2.75) is 13.8 Å². The maximum absolute atomic E-state index is 12.4. The van der Waals surface area contributed by atoms with E-state index >= 15 is 0 Å². The van der Waals surface area contributed by atoms with Gasteiger partial charge in [0.2, 0.25) is 5.71 Å². The van der Waals surface area contributed by atoms with Gasteiger partial charge in [-0.25, -0.2) is 14.7 Å². The van der Waals surface area contributed by atoms with Gasteiger partial charge in [-0.05, 0) is 49.2 Å². The molecule has 7 rings (SSSR count). The zero-order valence-corrected chi connectivity index (χ0v) is 27.4. The Labute approximate surface area is 280 Å². The lowest BCUT2D eigenvalue weighted by Crippen LogP contribution is -2.29. The third-order valence-corrected chi connectivity index (χ3v) is 9.56. The number of hydrogen-bond acceptors (Lipinski definition) is 5. The van der Waals surface area contributed by atoms with Crippen molar-refractivity contribution in [2.75, 3.05) is 43.6 Å². The average molecular weight is 628 g/mol. The van der Waals surface area contributed by atoms with Gasteiger partial charge in [-0.2, -0.15) is 0 Å². The lowest BCUT2D eigenvalue weighted by molar-refractivity contribution is -0.519. The van der Waals surface area contributed by atoms with E-state index in [9.17, 15) is 10.4 Å². The number of allylic oxidation sites excluding steroid dienone is 3. The van der Waals surface area contributed by atoms with Crippen molar-refractivity contribution < 1.29 is 9.68 Å². The van der Waals surface area contributed by atoms with Crippen LogP contribution in [0.3, 0.4) is 0 Å². The molecule has 0 aliphatic heterocycles. The molecule has 0 radical (unpaired) electrons. The van der Waals surface area contributed by atoms with Crippen LogP contribution in [0.4, 0.5) is 17.1 Å². The molecule has 0 heterocycles. The van der Waals surface area contributed by atoms with E-state index in [0.29, 0.717) is 44.4 Å². The Bertz CT molecular complexity index is 2310. The quantitative estimate of drug-likeness (QED) is 0.0606. The monoisotopic (exact) mass is 627 g/mol. The van der Waals surface area contributed by atoms with E-state index in [0.717, 1.165) is 63.1 Å². The van der Waals surface area contributed by atoms with Gasteiger partial charge in [-0.3, -0.25) is 0 Å². The molecule has 5 aromatic rings.